The third kappa shape index (κ3) is 5.22. The van der Waals surface area contributed by atoms with E-state index in [1.165, 1.54) is 6.21 Å². The summed E-state index contributed by atoms with van der Waals surface area (Å²) in [5.41, 5.74) is 4.94. The van der Waals surface area contributed by atoms with Crippen LogP contribution < -0.4 is 10.7 Å². The Hall–Kier alpha value is -2.09. The second-order valence-electron chi connectivity index (χ2n) is 5.62. The van der Waals surface area contributed by atoms with Crippen molar-refractivity contribution in [1.29, 1.82) is 0 Å². The second-order valence-corrected chi connectivity index (χ2v) is 7.73. The molecule has 2 aromatic carbocycles. The lowest BCUT2D eigenvalue weighted by atomic mass is 10.2. The summed E-state index contributed by atoms with van der Waals surface area (Å²) in [5.74, 6) is 1.16. The Bertz CT molecular complexity index is 1020. The summed E-state index contributed by atoms with van der Waals surface area (Å²) in [7, 11) is 0. The zero-order valence-corrected chi connectivity index (χ0v) is 18.0. The molecule has 0 aliphatic heterocycles. The lowest BCUT2D eigenvalue weighted by molar-refractivity contribution is 0.252. The lowest BCUT2D eigenvalue weighted by Crippen LogP contribution is -2.24. The van der Waals surface area contributed by atoms with Crippen molar-refractivity contribution in [2.75, 3.05) is 5.32 Å². The van der Waals surface area contributed by atoms with Crippen molar-refractivity contribution in [1.82, 2.24) is 5.43 Å². The molecule has 3 rings (SSSR count). The van der Waals surface area contributed by atoms with Crippen molar-refractivity contribution in [2.24, 2.45) is 5.10 Å². The van der Waals surface area contributed by atoms with Gasteiger partial charge in [0.05, 0.1) is 11.2 Å². The molecule has 2 amide bonds. The number of nitrogens with zero attached hydrogens (tertiary/aromatic N) is 1. The van der Waals surface area contributed by atoms with Crippen molar-refractivity contribution in [3.8, 4) is 11.3 Å². The number of furan rings is 1. The van der Waals surface area contributed by atoms with Gasteiger partial charge in [0.2, 0.25) is 0 Å². The number of nitrogens with one attached hydrogen (secondary N) is 2. The highest BCUT2D eigenvalue weighted by Crippen LogP contribution is 2.29. The third-order valence-electron chi connectivity index (χ3n) is 3.60. The maximum absolute atomic E-state index is 11.9. The molecule has 0 aliphatic rings. The first-order chi connectivity index (χ1) is 12.9. The molecule has 3 aromatic rings. The van der Waals surface area contributed by atoms with Gasteiger partial charge in [0, 0.05) is 20.2 Å². The Labute approximate surface area is 178 Å². The average molecular weight is 512 g/mol. The molecule has 5 nitrogen and oxygen atoms in total. The van der Waals surface area contributed by atoms with Gasteiger partial charge < -0.3 is 9.73 Å². The van der Waals surface area contributed by atoms with Crippen LogP contribution in [0.5, 0.6) is 0 Å². The number of benzene rings is 2. The summed E-state index contributed by atoms with van der Waals surface area (Å²) in [6, 6.07) is 14.2. The molecule has 1 heterocycles. The molecule has 0 saturated carbocycles. The molecular formula is C19H14Br2ClN3O2. The summed E-state index contributed by atoms with van der Waals surface area (Å²) in [5, 5.41) is 7.20. The van der Waals surface area contributed by atoms with Gasteiger partial charge in [0.15, 0.2) is 0 Å². The van der Waals surface area contributed by atoms with Gasteiger partial charge in [-0.05, 0) is 70.9 Å². The minimum Gasteiger partial charge on any atom is -0.455 e. The number of carbonyl (C=O) groups excluding carboxylic acids is 1. The minimum absolute atomic E-state index is 0.445. The Morgan fingerprint density at radius 3 is 2.63 bits per heavy atom. The number of amides is 2. The van der Waals surface area contributed by atoms with E-state index in [0.717, 1.165) is 20.1 Å². The molecule has 1 aromatic heterocycles. The molecule has 27 heavy (non-hydrogen) atoms. The van der Waals surface area contributed by atoms with E-state index in [9.17, 15) is 4.79 Å². The molecule has 0 unspecified atom stereocenters. The SMILES string of the molecule is Cc1cc(NC(=O)N/N=C/c2ccc(-c3ccc(Br)c(Cl)c3)o2)ccc1Br. The fraction of sp³-hybridized carbons (Fsp3) is 0.0526. The van der Waals surface area contributed by atoms with E-state index in [2.05, 4.69) is 47.7 Å². The minimum atomic E-state index is -0.445. The van der Waals surface area contributed by atoms with Crippen LogP contribution in [-0.2, 0) is 0 Å². The average Bonchev–Trinajstić information content (AvgIpc) is 3.09. The number of hydrazone groups is 1. The summed E-state index contributed by atoms with van der Waals surface area (Å²) in [6.45, 7) is 1.94. The number of hydrogen-bond donors (Lipinski definition) is 2. The summed E-state index contributed by atoms with van der Waals surface area (Å²) in [4.78, 5) is 11.9. The van der Waals surface area contributed by atoms with Crippen molar-refractivity contribution in [2.45, 2.75) is 6.92 Å². The number of anilines is 1. The van der Waals surface area contributed by atoms with Crippen molar-refractivity contribution < 1.29 is 9.21 Å². The van der Waals surface area contributed by atoms with Crippen molar-refractivity contribution in [3.63, 3.8) is 0 Å². The normalized spacial score (nSPS) is 11.0. The maximum Gasteiger partial charge on any atom is 0.339 e. The first-order valence-corrected chi connectivity index (χ1v) is 9.80. The first-order valence-electron chi connectivity index (χ1n) is 7.84. The molecule has 0 saturated heterocycles. The van der Waals surface area contributed by atoms with Gasteiger partial charge in [0.1, 0.15) is 11.5 Å². The zero-order valence-electron chi connectivity index (χ0n) is 14.1. The number of carbonyl (C=O) groups is 1. The number of halogens is 3. The second kappa shape index (κ2) is 8.73. The highest BCUT2D eigenvalue weighted by Gasteiger charge is 2.06. The zero-order chi connectivity index (χ0) is 19.4. The predicted octanol–water partition coefficient (Wildman–Crippen LogP) is 6.59. The Morgan fingerprint density at radius 2 is 1.89 bits per heavy atom. The summed E-state index contributed by atoms with van der Waals surface area (Å²) >= 11 is 12.9. The number of urea groups is 1. The van der Waals surface area contributed by atoms with Gasteiger partial charge in [-0.1, -0.05) is 33.6 Å². The Kier molecular flexibility index (Phi) is 6.36. The van der Waals surface area contributed by atoms with Gasteiger partial charge >= 0.3 is 6.03 Å². The van der Waals surface area contributed by atoms with Gasteiger partial charge in [-0.2, -0.15) is 5.10 Å². The number of aryl methyl sites for hydroxylation is 1. The van der Waals surface area contributed by atoms with E-state index in [4.69, 9.17) is 16.0 Å². The van der Waals surface area contributed by atoms with E-state index in [-0.39, 0.29) is 0 Å². The molecule has 0 radical (unpaired) electrons. The molecule has 0 bridgehead atoms. The fourth-order valence-electron chi connectivity index (χ4n) is 2.26. The molecule has 0 aliphatic carbocycles. The molecule has 0 spiro atoms. The van der Waals surface area contributed by atoms with Crippen LogP contribution in [0.15, 0.2) is 67.0 Å². The molecule has 138 valence electrons. The van der Waals surface area contributed by atoms with Gasteiger partial charge in [-0.15, -0.1) is 0 Å². The van der Waals surface area contributed by atoms with Crippen LogP contribution >= 0.6 is 43.5 Å². The molecule has 0 fully saturated rings. The van der Waals surface area contributed by atoms with E-state index >= 15 is 0 Å². The summed E-state index contributed by atoms with van der Waals surface area (Å²) in [6.07, 6.45) is 1.43. The summed E-state index contributed by atoms with van der Waals surface area (Å²) < 4.78 is 7.49. The highest BCUT2D eigenvalue weighted by atomic mass is 79.9. The fourth-order valence-corrected chi connectivity index (χ4v) is 2.94. The van der Waals surface area contributed by atoms with Crippen LogP contribution in [0.25, 0.3) is 11.3 Å². The third-order valence-corrected chi connectivity index (χ3v) is 5.73. The largest absolute Gasteiger partial charge is 0.455 e. The maximum atomic E-state index is 11.9. The highest BCUT2D eigenvalue weighted by molar-refractivity contribution is 9.10. The van der Waals surface area contributed by atoms with Gasteiger partial charge in [-0.3, -0.25) is 0 Å². The molecule has 8 heteroatoms. The van der Waals surface area contributed by atoms with Crippen LogP contribution in [0.1, 0.15) is 11.3 Å². The number of hydrogen-bond acceptors (Lipinski definition) is 3. The van der Waals surface area contributed by atoms with Crippen LogP contribution in [0.3, 0.4) is 0 Å². The van der Waals surface area contributed by atoms with E-state index in [1.54, 1.807) is 18.2 Å². The van der Waals surface area contributed by atoms with Crippen LogP contribution in [0.2, 0.25) is 5.02 Å². The molecule has 0 atom stereocenters. The van der Waals surface area contributed by atoms with Crippen molar-refractivity contribution >= 4 is 61.4 Å². The van der Waals surface area contributed by atoms with E-state index < -0.39 is 6.03 Å². The van der Waals surface area contributed by atoms with Crippen LogP contribution in [-0.4, -0.2) is 12.2 Å². The first kappa shape index (κ1) is 19.7. The van der Waals surface area contributed by atoms with E-state index in [0.29, 0.717) is 22.2 Å². The van der Waals surface area contributed by atoms with Crippen molar-refractivity contribution in [3.05, 3.63) is 73.8 Å². The monoisotopic (exact) mass is 509 g/mol. The molecule has 2 N–H and O–H groups in total. The smallest absolute Gasteiger partial charge is 0.339 e. The predicted molar refractivity (Wildman–Crippen MR) is 115 cm³/mol. The number of rotatable bonds is 4. The topological polar surface area (TPSA) is 66.6 Å². The standard InChI is InChI=1S/C19H14Br2ClN3O2/c1-11-8-13(3-6-15(11)20)24-19(26)25-23-10-14-4-7-18(27-14)12-2-5-16(21)17(22)9-12/h2-10H,1H3,(H2,24,25,26)/b23-10+. The van der Waals surface area contributed by atoms with Gasteiger partial charge in [0.25, 0.3) is 0 Å². The van der Waals surface area contributed by atoms with E-state index in [1.807, 2.05) is 37.3 Å². The van der Waals surface area contributed by atoms with Crippen LogP contribution in [0.4, 0.5) is 10.5 Å². The van der Waals surface area contributed by atoms with Gasteiger partial charge in [-0.25, -0.2) is 10.2 Å². The van der Waals surface area contributed by atoms with Crippen LogP contribution in [0, 0.1) is 6.92 Å². The Morgan fingerprint density at radius 1 is 1.11 bits per heavy atom. The molecular weight excluding hydrogens is 497 g/mol. The lowest BCUT2D eigenvalue weighted by Gasteiger charge is -2.06. The Balaban J connectivity index is 1.59. The quantitative estimate of drug-likeness (QED) is 0.307.